The van der Waals surface area contributed by atoms with Crippen molar-refractivity contribution in [1.82, 2.24) is 4.90 Å². The van der Waals surface area contributed by atoms with Crippen molar-refractivity contribution in [2.75, 3.05) is 25.7 Å². The molecule has 0 aromatic heterocycles. The zero-order chi connectivity index (χ0) is 20.5. The number of rotatable bonds is 3. The minimum absolute atomic E-state index is 0.0109. The van der Waals surface area contributed by atoms with Crippen LogP contribution >= 0.6 is 10.7 Å². The van der Waals surface area contributed by atoms with Crippen LogP contribution in [0.4, 0.5) is 4.79 Å². The monoisotopic (exact) mass is 433 g/mol. The highest BCUT2D eigenvalue weighted by molar-refractivity contribution is 8.13. The molecule has 1 aliphatic carbocycles. The van der Waals surface area contributed by atoms with Crippen molar-refractivity contribution in [2.45, 2.75) is 39.7 Å². The summed E-state index contributed by atoms with van der Waals surface area (Å²) in [5.74, 6) is 0.822. The average Bonchev–Trinajstić information content (AvgIpc) is 2.87. The molecule has 1 N–H and O–H groups in total. The van der Waals surface area contributed by atoms with Gasteiger partial charge in [0.15, 0.2) is 0 Å². The van der Waals surface area contributed by atoms with E-state index in [-0.39, 0.29) is 24.0 Å². The van der Waals surface area contributed by atoms with Gasteiger partial charge >= 0.3 is 6.09 Å². The van der Waals surface area contributed by atoms with Gasteiger partial charge in [-0.1, -0.05) is 20.8 Å². The molecule has 2 fully saturated rings. The molecule has 4 atom stereocenters. The molecule has 2 aliphatic rings. The van der Waals surface area contributed by atoms with E-state index in [0.29, 0.717) is 18.4 Å². The summed E-state index contributed by atoms with van der Waals surface area (Å²) in [4.78, 5) is 13.0. The zero-order valence-electron chi connectivity index (χ0n) is 15.7. The average molecular weight is 434 g/mol. The van der Waals surface area contributed by atoms with E-state index >= 15 is 0 Å². The fourth-order valence-electron chi connectivity index (χ4n) is 4.13. The van der Waals surface area contributed by atoms with E-state index in [1.54, 1.807) is 4.90 Å². The van der Waals surface area contributed by atoms with Gasteiger partial charge in [-0.2, -0.15) is 8.42 Å². The van der Waals surface area contributed by atoms with E-state index in [2.05, 4.69) is 31.5 Å². The Hall–Kier alpha value is -0.580. The summed E-state index contributed by atoms with van der Waals surface area (Å²) in [6.07, 6.45) is 2.82. The van der Waals surface area contributed by atoms with Gasteiger partial charge in [-0.3, -0.25) is 4.18 Å². The molecule has 0 aromatic rings. The quantitative estimate of drug-likeness (QED) is 0.535. The first kappa shape index (κ1) is 23.5. The highest BCUT2D eigenvalue weighted by Crippen LogP contribution is 2.50. The first-order chi connectivity index (χ1) is 11.5. The third kappa shape index (κ3) is 7.58. The minimum atomic E-state index is -3.41. The van der Waals surface area contributed by atoms with Crippen LogP contribution in [0.3, 0.4) is 0 Å². The van der Waals surface area contributed by atoms with E-state index in [0.717, 1.165) is 25.4 Å². The molecule has 0 bridgehead atoms. The summed E-state index contributed by atoms with van der Waals surface area (Å²) in [6, 6.07) is -0.0109. The van der Waals surface area contributed by atoms with Crippen molar-refractivity contribution >= 4 is 35.9 Å². The number of carbonyl (C=O) groups is 1. The van der Waals surface area contributed by atoms with Gasteiger partial charge in [-0.25, -0.2) is 13.2 Å². The summed E-state index contributed by atoms with van der Waals surface area (Å²) in [7, 11) is -2.10. The lowest BCUT2D eigenvalue weighted by atomic mass is 9.77. The molecule has 1 amide bonds. The maximum atomic E-state index is 11.5. The van der Waals surface area contributed by atoms with Gasteiger partial charge in [0, 0.05) is 23.3 Å². The number of halogens is 1. The normalized spacial score (nSPS) is 29.1. The molecule has 1 saturated carbocycles. The standard InChI is InChI=1S/C14H25NO5S.CH3ClO2S/c1-14(2,3)12-11-6-9(8-20-21(4,18)19)5-10(11)7-15(12)13(16)17;1-5(2,3)4/h9-12H,5-8H2,1-4H3,(H,16,17);1H3/t9?,10-,11-,12?;/m0./s1. The molecule has 2 rings (SSSR count). The van der Waals surface area contributed by atoms with E-state index in [1.807, 2.05) is 0 Å². The number of amides is 1. The van der Waals surface area contributed by atoms with Crippen LogP contribution < -0.4 is 0 Å². The Morgan fingerprint density at radius 2 is 1.69 bits per heavy atom. The smallest absolute Gasteiger partial charge is 0.407 e. The van der Waals surface area contributed by atoms with E-state index < -0.39 is 25.3 Å². The predicted molar refractivity (Wildman–Crippen MR) is 99.2 cm³/mol. The maximum absolute atomic E-state index is 11.5. The lowest BCUT2D eigenvalue weighted by Gasteiger charge is -2.37. The fourth-order valence-corrected chi connectivity index (χ4v) is 4.57. The molecular formula is C15H28ClNO7S2. The van der Waals surface area contributed by atoms with Crippen molar-refractivity contribution in [3.05, 3.63) is 0 Å². The Balaban J connectivity index is 0.000000597. The second-order valence-electron chi connectivity index (χ2n) is 8.18. The SMILES string of the molecule is CC(C)(C)C1[C@H]2CC(COS(C)(=O)=O)C[C@H]2CN1C(=O)O.CS(=O)(=O)Cl. The van der Waals surface area contributed by atoms with Crippen molar-refractivity contribution in [3.8, 4) is 0 Å². The molecule has 0 radical (unpaired) electrons. The van der Waals surface area contributed by atoms with Crippen LogP contribution in [0.15, 0.2) is 0 Å². The second kappa shape index (κ2) is 8.20. The molecule has 154 valence electrons. The van der Waals surface area contributed by atoms with Crippen LogP contribution in [0.2, 0.25) is 0 Å². The first-order valence-electron chi connectivity index (χ1n) is 8.22. The number of fused-ring (bicyclic) bond motifs is 1. The highest BCUT2D eigenvalue weighted by Gasteiger charge is 2.52. The molecule has 0 aromatic carbocycles. The molecule has 26 heavy (non-hydrogen) atoms. The lowest BCUT2D eigenvalue weighted by molar-refractivity contribution is 0.0861. The number of likely N-dealkylation sites (tertiary alicyclic amines) is 1. The third-order valence-corrected chi connectivity index (χ3v) is 5.23. The van der Waals surface area contributed by atoms with E-state index in [4.69, 9.17) is 4.18 Å². The Morgan fingerprint density at radius 3 is 2.08 bits per heavy atom. The maximum Gasteiger partial charge on any atom is 0.407 e. The second-order valence-corrected chi connectivity index (χ2v) is 12.9. The van der Waals surface area contributed by atoms with Gasteiger partial charge in [0.2, 0.25) is 9.05 Å². The van der Waals surface area contributed by atoms with Crippen LogP contribution in [0.25, 0.3) is 0 Å². The summed E-state index contributed by atoms with van der Waals surface area (Å²) >= 11 is 0. The first-order valence-corrected chi connectivity index (χ1v) is 12.8. The van der Waals surface area contributed by atoms with Crippen molar-refractivity contribution in [1.29, 1.82) is 0 Å². The predicted octanol–water partition coefficient (Wildman–Crippen LogP) is 2.20. The van der Waals surface area contributed by atoms with Crippen molar-refractivity contribution < 1.29 is 30.9 Å². The molecule has 11 heteroatoms. The summed E-state index contributed by atoms with van der Waals surface area (Å²) in [5.41, 5.74) is -0.121. The topological polar surface area (TPSA) is 118 Å². The Labute approximate surface area is 160 Å². The number of nitrogens with zero attached hydrogens (tertiary/aromatic N) is 1. The Morgan fingerprint density at radius 1 is 1.19 bits per heavy atom. The van der Waals surface area contributed by atoms with Crippen molar-refractivity contribution in [2.24, 2.45) is 23.2 Å². The third-order valence-electron chi connectivity index (χ3n) is 4.67. The fraction of sp³-hybridized carbons (Fsp3) is 0.933. The van der Waals surface area contributed by atoms with Crippen LogP contribution in [0.5, 0.6) is 0 Å². The van der Waals surface area contributed by atoms with Crippen LogP contribution in [-0.2, 0) is 23.4 Å². The highest BCUT2D eigenvalue weighted by atomic mass is 35.7. The van der Waals surface area contributed by atoms with Crippen LogP contribution in [-0.4, -0.2) is 64.6 Å². The van der Waals surface area contributed by atoms with Crippen LogP contribution in [0, 0.1) is 23.2 Å². The van der Waals surface area contributed by atoms with Gasteiger partial charge in [-0.15, -0.1) is 0 Å². The Kier molecular flexibility index (Phi) is 7.40. The minimum Gasteiger partial charge on any atom is -0.465 e. The molecular weight excluding hydrogens is 406 g/mol. The molecule has 1 saturated heterocycles. The summed E-state index contributed by atoms with van der Waals surface area (Å²) in [5, 5.41) is 9.40. The molecule has 1 aliphatic heterocycles. The zero-order valence-corrected chi connectivity index (χ0v) is 18.1. The molecule has 0 spiro atoms. The van der Waals surface area contributed by atoms with E-state index in [9.17, 15) is 26.7 Å². The summed E-state index contributed by atoms with van der Waals surface area (Å²) in [6.45, 7) is 6.97. The molecule has 8 nitrogen and oxygen atoms in total. The number of hydrogen-bond donors (Lipinski definition) is 1. The van der Waals surface area contributed by atoms with Crippen molar-refractivity contribution in [3.63, 3.8) is 0 Å². The van der Waals surface area contributed by atoms with Gasteiger partial charge in [0.05, 0.1) is 19.1 Å². The van der Waals surface area contributed by atoms with Gasteiger partial charge < -0.3 is 10.0 Å². The van der Waals surface area contributed by atoms with Crippen LogP contribution in [0.1, 0.15) is 33.6 Å². The summed E-state index contributed by atoms with van der Waals surface area (Å²) < 4.78 is 45.9. The van der Waals surface area contributed by atoms with Gasteiger partial charge in [0.1, 0.15) is 0 Å². The Bertz CT molecular complexity index is 707. The molecule has 2 unspecified atom stereocenters. The van der Waals surface area contributed by atoms with Gasteiger partial charge in [-0.05, 0) is 36.0 Å². The van der Waals surface area contributed by atoms with Gasteiger partial charge in [0.25, 0.3) is 10.1 Å². The number of hydrogen-bond acceptors (Lipinski definition) is 6. The lowest BCUT2D eigenvalue weighted by Crippen LogP contribution is -2.45. The van der Waals surface area contributed by atoms with E-state index in [1.165, 1.54) is 0 Å². The largest absolute Gasteiger partial charge is 0.465 e. The molecule has 1 heterocycles. The number of carboxylic acid groups (broad SMARTS) is 1.